The van der Waals surface area contributed by atoms with E-state index in [1.807, 2.05) is 11.9 Å². The lowest BCUT2D eigenvalue weighted by atomic mass is 9.79. The Labute approximate surface area is 272 Å². The number of pyridine rings is 1. The van der Waals surface area contributed by atoms with Crippen LogP contribution in [-0.4, -0.2) is 90.5 Å². The van der Waals surface area contributed by atoms with Gasteiger partial charge in [0.1, 0.15) is 35.3 Å². The number of piperidine rings is 1. The van der Waals surface area contributed by atoms with Gasteiger partial charge in [0.05, 0.1) is 18.7 Å². The summed E-state index contributed by atoms with van der Waals surface area (Å²) in [7, 11) is -2.96. The molecule has 5 unspecified atom stereocenters. The van der Waals surface area contributed by atoms with Crippen molar-refractivity contribution in [2.45, 2.75) is 54.7 Å². The van der Waals surface area contributed by atoms with E-state index in [4.69, 9.17) is 4.74 Å². The Morgan fingerprint density at radius 1 is 1.15 bits per heavy atom. The number of quaternary nitrogens is 1. The Hall–Kier alpha value is -4.42. The smallest absolute Gasteiger partial charge is 0.333 e. The average Bonchev–Trinajstić information content (AvgIpc) is 3.38. The molecule has 2 amide bonds. The molecule has 0 aliphatic carbocycles. The molecule has 1 N–H and O–H groups in total. The summed E-state index contributed by atoms with van der Waals surface area (Å²) in [6.45, 7) is 2.56. The van der Waals surface area contributed by atoms with Crippen LogP contribution in [0.3, 0.4) is 0 Å². The maximum absolute atomic E-state index is 14.9. The molecule has 3 aromatic rings. The second-order valence-corrected chi connectivity index (χ2v) is 14.2. The highest BCUT2D eigenvalue weighted by Gasteiger charge is 2.67. The highest BCUT2D eigenvalue weighted by Crippen LogP contribution is 2.53. The zero-order chi connectivity index (χ0) is 33.5. The van der Waals surface area contributed by atoms with Gasteiger partial charge in [0.15, 0.2) is 0 Å². The Kier molecular flexibility index (Phi) is 8.75. The number of hydrogen-bond acceptors (Lipinski definition) is 10. The van der Waals surface area contributed by atoms with E-state index in [0.29, 0.717) is 31.5 Å². The number of hydrogen-bond donors (Lipinski definition) is 1. The van der Waals surface area contributed by atoms with Crippen molar-refractivity contribution in [3.05, 3.63) is 83.8 Å². The number of rotatable bonds is 7. The van der Waals surface area contributed by atoms with Crippen LogP contribution in [-0.2, 0) is 14.8 Å². The quantitative estimate of drug-likeness (QED) is 0.373. The van der Waals surface area contributed by atoms with Crippen molar-refractivity contribution in [2.24, 2.45) is 0 Å². The Bertz CT molecular complexity index is 1830. The normalized spacial score (nSPS) is 27.1. The predicted octanol–water partition coefficient (Wildman–Crippen LogP) is 2.62. The van der Waals surface area contributed by atoms with Gasteiger partial charge in [-0.15, -0.1) is 0 Å². The maximum atomic E-state index is 14.9. The molecule has 0 saturated carbocycles. The first-order valence-corrected chi connectivity index (χ1v) is 16.9. The van der Waals surface area contributed by atoms with E-state index in [0.717, 1.165) is 12.1 Å². The highest BCUT2D eigenvalue weighted by atomic mass is 32.2. The van der Waals surface area contributed by atoms with Crippen molar-refractivity contribution in [3.8, 4) is 11.9 Å². The van der Waals surface area contributed by atoms with Crippen LogP contribution in [0, 0.1) is 17.1 Å². The summed E-state index contributed by atoms with van der Waals surface area (Å²) in [5, 5.41) is 27.2. The van der Waals surface area contributed by atoms with E-state index < -0.39 is 62.3 Å². The zero-order valence-electron chi connectivity index (χ0n) is 26.0. The van der Waals surface area contributed by atoms with E-state index in [-0.39, 0.29) is 34.7 Å². The molecule has 246 valence electrons. The molecule has 3 aliphatic rings. The number of piperazine rings is 1. The van der Waals surface area contributed by atoms with Crippen molar-refractivity contribution >= 4 is 27.7 Å². The SMILES string of the molecule is CCOc1ncccc1C1C(C2C(=O)Nc3cc(F)ccc32)[N+](C(=O)[O-])(S(=O)(=O)c2ccccc2)CC(C#N)N1C1CCN(C)CC1. The molecule has 4 heterocycles. The van der Waals surface area contributed by atoms with Crippen LogP contribution in [0.1, 0.15) is 42.9 Å². The van der Waals surface area contributed by atoms with E-state index >= 15 is 0 Å². The molecule has 3 aliphatic heterocycles. The van der Waals surface area contributed by atoms with E-state index in [1.54, 1.807) is 25.1 Å². The van der Waals surface area contributed by atoms with Crippen LogP contribution in [0.2, 0.25) is 0 Å². The lowest BCUT2D eigenvalue weighted by Crippen LogP contribution is -2.78. The molecule has 2 aromatic carbocycles. The minimum absolute atomic E-state index is 0.108. The number of carboxylic acid groups (broad SMARTS) is 1. The van der Waals surface area contributed by atoms with Crippen LogP contribution >= 0.6 is 0 Å². The molecule has 14 heteroatoms. The van der Waals surface area contributed by atoms with Crippen molar-refractivity contribution in [3.63, 3.8) is 0 Å². The maximum Gasteiger partial charge on any atom is 0.333 e. The molecule has 0 spiro atoms. The topological polar surface area (TPSA) is 156 Å². The van der Waals surface area contributed by atoms with Gasteiger partial charge in [-0.05, 0) is 75.8 Å². The van der Waals surface area contributed by atoms with Gasteiger partial charge in [0, 0.05) is 23.5 Å². The Morgan fingerprint density at radius 3 is 2.53 bits per heavy atom. The minimum Gasteiger partial charge on any atom is -0.497 e. The number of likely N-dealkylation sites (tertiary alicyclic amines) is 1. The van der Waals surface area contributed by atoms with Gasteiger partial charge in [-0.2, -0.15) is 17.6 Å². The predicted molar refractivity (Wildman–Crippen MR) is 166 cm³/mol. The van der Waals surface area contributed by atoms with Crippen molar-refractivity contribution in [1.29, 1.82) is 5.26 Å². The Morgan fingerprint density at radius 2 is 1.87 bits per heavy atom. The summed E-state index contributed by atoms with van der Waals surface area (Å²) in [6.07, 6.45) is 0.697. The van der Waals surface area contributed by atoms with Crippen molar-refractivity contribution in [1.82, 2.24) is 14.8 Å². The first kappa shape index (κ1) is 32.5. The van der Waals surface area contributed by atoms with Crippen molar-refractivity contribution in [2.75, 3.05) is 38.6 Å². The fourth-order valence-electron chi connectivity index (χ4n) is 7.54. The van der Waals surface area contributed by atoms with Crippen LogP contribution < -0.4 is 15.2 Å². The van der Waals surface area contributed by atoms with E-state index in [1.165, 1.54) is 36.5 Å². The number of fused-ring (bicyclic) bond motifs is 1. The fraction of sp³-hybridized carbons (Fsp3) is 0.394. The van der Waals surface area contributed by atoms with Gasteiger partial charge in [-0.25, -0.2) is 9.37 Å². The lowest BCUT2D eigenvalue weighted by Gasteiger charge is -2.57. The number of nitrogens with one attached hydrogen (secondary N) is 1. The fourth-order valence-corrected chi connectivity index (χ4v) is 9.51. The second kappa shape index (κ2) is 12.6. The van der Waals surface area contributed by atoms with Gasteiger partial charge in [-0.1, -0.05) is 30.3 Å². The summed E-state index contributed by atoms with van der Waals surface area (Å²) in [5.74, 6) is -2.64. The third-order valence-corrected chi connectivity index (χ3v) is 11.9. The molecule has 2 saturated heterocycles. The zero-order valence-corrected chi connectivity index (χ0v) is 26.8. The van der Waals surface area contributed by atoms with Gasteiger partial charge >= 0.3 is 10.0 Å². The third-order valence-electron chi connectivity index (χ3n) is 9.60. The first-order valence-electron chi connectivity index (χ1n) is 15.5. The number of benzene rings is 2. The number of amides is 2. The molecule has 47 heavy (non-hydrogen) atoms. The number of carbonyl (C=O) groups is 2. The number of anilines is 1. The third kappa shape index (κ3) is 5.33. The average molecular weight is 663 g/mol. The number of nitrogens with zero attached hydrogens (tertiary/aromatic N) is 5. The molecule has 0 radical (unpaired) electrons. The number of sulfonamides is 1. The van der Waals surface area contributed by atoms with Gasteiger partial charge in [0.25, 0.3) is 6.09 Å². The Balaban J connectivity index is 1.72. The molecule has 12 nitrogen and oxygen atoms in total. The van der Waals surface area contributed by atoms with Crippen molar-refractivity contribution < 1.29 is 36.1 Å². The highest BCUT2D eigenvalue weighted by molar-refractivity contribution is 7.86. The number of carbonyl (C=O) groups excluding carboxylic acids is 2. The van der Waals surface area contributed by atoms with E-state index in [9.17, 15) is 32.8 Å². The molecular formula is C33H35FN6O6S. The number of aromatic nitrogens is 1. The molecule has 6 rings (SSSR count). The lowest BCUT2D eigenvalue weighted by molar-refractivity contribution is -0.800. The summed E-state index contributed by atoms with van der Waals surface area (Å²) in [4.78, 5) is 36.0. The number of nitriles is 1. The molecular weight excluding hydrogens is 627 g/mol. The standard InChI is InChI=1S/C33H35FN6O6S/c1-3-46-32-26(10-7-15-36-32)29-30(28-25-12-11-21(34)18-27(25)37-31(28)41)40(33(42)43,47(44,45)24-8-5-4-6-9-24)20-23(19-35)39(29)22-13-16-38(2)17-14-22/h4-12,15,18,22-23,28-30H,3,13-14,16-17,20H2,1-2H3,(H-,37,41,42,43). The summed E-state index contributed by atoms with van der Waals surface area (Å²) in [5.41, 5.74) is 0.671. The molecule has 5 atom stereocenters. The first-order chi connectivity index (χ1) is 22.5. The van der Waals surface area contributed by atoms with Gasteiger partial charge < -0.3 is 24.9 Å². The monoisotopic (exact) mass is 662 g/mol. The molecule has 1 aromatic heterocycles. The van der Waals surface area contributed by atoms with Gasteiger partial charge in [-0.3, -0.25) is 9.69 Å². The number of ether oxygens (including phenoxy) is 1. The molecule has 0 bridgehead atoms. The summed E-state index contributed by atoms with van der Waals surface area (Å²) < 4.78 is 48.5. The van der Waals surface area contributed by atoms with Gasteiger partial charge in [0.2, 0.25) is 11.8 Å². The van der Waals surface area contributed by atoms with Crippen LogP contribution in [0.4, 0.5) is 14.9 Å². The second-order valence-electron chi connectivity index (χ2n) is 12.1. The molecule has 2 fully saturated rings. The minimum atomic E-state index is -4.94. The number of halogens is 1. The largest absolute Gasteiger partial charge is 0.497 e. The summed E-state index contributed by atoms with van der Waals surface area (Å²) in [6, 6.07) is 11.9. The summed E-state index contributed by atoms with van der Waals surface area (Å²) >= 11 is 0. The van der Waals surface area contributed by atoms with E-state index in [2.05, 4.69) is 21.3 Å². The van der Waals surface area contributed by atoms with Crippen LogP contribution in [0.5, 0.6) is 5.88 Å². The van der Waals surface area contributed by atoms with Crippen LogP contribution in [0.25, 0.3) is 0 Å². The van der Waals surface area contributed by atoms with Crippen LogP contribution in [0.15, 0.2) is 71.8 Å².